The molecule has 12 heavy (non-hydrogen) atoms. The van der Waals surface area contributed by atoms with Crippen molar-refractivity contribution < 1.29 is 5.11 Å². The maximum Gasteiger partial charge on any atom is 0.0931 e. The van der Waals surface area contributed by atoms with Gasteiger partial charge in [-0.25, -0.2) is 0 Å². The Kier molecular flexibility index (Phi) is 4.06. The predicted octanol–water partition coefficient (Wildman–Crippen LogP) is 3.11. The van der Waals surface area contributed by atoms with Gasteiger partial charge in [-0.3, -0.25) is 0 Å². The third-order valence-corrected chi connectivity index (χ3v) is 3.11. The van der Waals surface area contributed by atoms with Gasteiger partial charge in [0.15, 0.2) is 0 Å². The van der Waals surface area contributed by atoms with Crippen LogP contribution in [0, 0.1) is 0 Å². The Bertz CT molecular complexity index is 234. The monoisotopic (exact) mass is 204 g/mol. The molecular weight excluding hydrogens is 192 g/mol. The van der Waals surface area contributed by atoms with E-state index in [1.807, 2.05) is 19.1 Å². The summed E-state index contributed by atoms with van der Waals surface area (Å²) in [6, 6.07) is 3.93. The SMILES string of the molecule is CCC(O)CCc1ccc(Cl)s1. The zero-order valence-corrected chi connectivity index (χ0v) is 8.66. The number of hydrogen-bond acceptors (Lipinski definition) is 2. The maximum atomic E-state index is 9.30. The first-order chi connectivity index (χ1) is 5.72. The fourth-order valence-electron chi connectivity index (χ4n) is 0.999. The quantitative estimate of drug-likeness (QED) is 0.799. The van der Waals surface area contributed by atoms with Crippen LogP contribution in [-0.2, 0) is 6.42 Å². The van der Waals surface area contributed by atoms with Crippen molar-refractivity contribution in [2.75, 3.05) is 0 Å². The number of aliphatic hydroxyl groups is 1. The molecule has 0 fully saturated rings. The van der Waals surface area contributed by atoms with Gasteiger partial charge in [0, 0.05) is 4.88 Å². The lowest BCUT2D eigenvalue weighted by atomic mass is 10.1. The Labute approximate surface area is 82.0 Å². The smallest absolute Gasteiger partial charge is 0.0931 e. The van der Waals surface area contributed by atoms with Crippen molar-refractivity contribution in [2.45, 2.75) is 32.3 Å². The van der Waals surface area contributed by atoms with Crippen molar-refractivity contribution in [1.82, 2.24) is 0 Å². The second kappa shape index (κ2) is 4.85. The molecule has 1 N–H and O–H groups in total. The van der Waals surface area contributed by atoms with Gasteiger partial charge in [-0.1, -0.05) is 18.5 Å². The normalized spacial score (nSPS) is 13.2. The van der Waals surface area contributed by atoms with Gasteiger partial charge in [0.2, 0.25) is 0 Å². The molecule has 0 saturated carbocycles. The molecule has 0 amide bonds. The molecule has 1 nitrogen and oxygen atoms in total. The minimum atomic E-state index is -0.161. The lowest BCUT2D eigenvalue weighted by molar-refractivity contribution is 0.161. The fourth-order valence-corrected chi connectivity index (χ4v) is 2.10. The Morgan fingerprint density at radius 3 is 2.83 bits per heavy atom. The van der Waals surface area contributed by atoms with E-state index in [2.05, 4.69) is 0 Å². The van der Waals surface area contributed by atoms with Crippen LogP contribution >= 0.6 is 22.9 Å². The molecule has 1 heterocycles. The van der Waals surface area contributed by atoms with Crippen LogP contribution in [-0.4, -0.2) is 11.2 Å². The fraction of sp³-hybridized carbons (Fsp3) is 0.556. The minimum Gasteiger partial charge on any atom is -0.393 e. The van der Waals surface area contributed by atoms with Gasteiger partial charge < -0.3 is 5.11 Å². The summed E-state index contributed by atoms with van der Waals surface area (Å²) in [6.45, 7) is 1.99. The first-order valence-corrected chi connectivity index (χ1v) is 5.34. The minimum absolute atomic E-state index is 0.161. The number of hydrogen-bond donors (Lipinski definition) is 1. The molecule has 0 aliphatic heterocycles. The molecule has 0 saturated heterocycles. The van der Waals surface area contributed by atoms with Crippen molar-refractivity contribution in [3.05, 3.63) is 21.3 Å². The number of aliphatic hydroxyl groups excluding tert-OH is 1. The number of aryl methyl sites for hydroxylation is 1. The van der Waals surface area contributed by atoms with E-state index in [-0.39, 0.29) is 6.10 Å². The van der Waals surface area contributed by atoms with Crippen LogP contribution in [0.25, 0.3) is 0 Å². The highest BCUT2D eigenvalue weighted by atomic mass is 35.5. The lowest BCUT2D eigenvalue weighted by Gasteiger charge is -2.04. The van der Waals surface area contributed by atoms with Gasteiger partial charge in [-0.2, -0.15) is 0 Å². The predicted molar refractivity (Wildman–Crippen MR) is 53.9 cm³/mol. The van der Waals surface area contributed by atoms with Crippen molar-refractivity contribution in [2.24, 2.45) is 0 Å². The highest BCUT2D eigenvalue weighted by Gasteiger charge is 2.02. The van der Waals surface area contributed by atoms with E-state index in [1.165, 1.54) is 4.88 Å². The van der Waals surface area contributed by atoms with Gasteiger partial charge in [0.25, 0.3) is 0 Å². The van der Waals surface area contributed by atoms with Crippen molar-refractivity contribution in [3.63, 3.8) is 0 Å². The second-order valence-corrected chi connectivity index (χ2v) is 4.61. The highest BCUT2D eigenvalue weighted by molar-refractivity contribution is 7.16. The lowest BCUT2D eigenvalue weighted by Crippen LogP contribution is -2.04. The third-order valence-electron chi connectivity index (χ3n) is 1.82. The topological polar surface area (TPSA) is 20.2 Å². The van der Waals surface area contributed by atoms with Gasteiger partial charge in [-0.05, 0) is 31.4 Å². The van der Waals surface area contributed by atoms with Crippen LogP contribution < -0.4 is 0 Å². The largest absolute Gasteiger partial charge is 0.393 e. The van der Waals surface area contributed by atoms with Crippen LogP contribution in [0.15, 0.2) is 12.1 Å². The molecule has 1 aromatic heterocycles. The molecule has 1 rings (SSSR count). The average Bonchev–Trinajstić information content (AvgIpc) is 2.47. The molecule has 0 spiro atoms. The van der Waals surface area contributed by atoms with E-state index in [9.17, 15) is 5.11 Å². The van der Waals surface area contributed by atoms with Crippen LogP contribution in [0.1, 0.15) is 24.6 Å². The van der Waals surface area contributed by atoms with Crippen molar-refractivity contribution >= 4 is 22.9 Å². The molecular formula is C9H13ClOS. The molecule has 0 bridgehead atoms. The van der Waals surface area contributed by atoms with E-state index in [4.69, 9.17) is 11.6 Å². The molecule has 3 heteroatoms. The summed E-state index contributed by atoms with van der Waals surface area (Å²) in [5.41, 5.74) is 0. The third kappa shape index (κ3) is 3.13. The number of thiophene rings is 1. The van der Waals surface area contributed by atoms with Crippen LogP contribution in [0.4, 0.5) is 0 Å². The van der Waals surface area contributed by atoms with Gasteiger partial charge in [0.1, 0.15) is 0 Å². The highest BCUT2D eigenvalue weighted by Crippen LogP contribution is 2.22. The molecule has 0 aliphatic carbocycles. The van der Waals surface area contributed by atoms with Crippen LogP contribution in [0.2, 0.25) is 4.34 Å². The Morgan fingerprint density at radius 1 is 1.58 bits per heavy atom. The molecule has 0 aliphatic rings. The summed E-state index contributed by atoms with van der Waals surface area (Å²) in [5, 5.41) is 9.30. The Morgan fingerprint density at radius 2 is 2.33 bits per heavy atom. The van der Waals surface area contributed by atoms with Gasteiger partial charge >= 0.3 is 0 Å². The van der Waals surface area contributed by atoms with Gasteiger partial charge in [0.05, 0.1) is 10.4 Å². The van der Waals surface area contributed by atoms with Gasteiger partial charge in [-0.15, -0.1) is 11.3 Å². The summed E-state index contributed by atoms with van der Waals surface area (Å²) in [5.74, 6) is 0. The van der Waals surface area contributed by atoms with Crippen LogP contribution in [0.3, 0.4) is 0 Å². The number of rotatable bonds is 4. The van der Waals surface area contributed by atoms with Crippen molar-refractivity contribution in [1.29, 1.82) is 0 Å². The molecule has 0 aromatic carbocycles. The Hall–Kier alpha value is -0.0500. The van der Waals surface area contributed by atoms with E-state index in [0.29, 0.717) is 0 Å². The van der Waals surface area contributed by atoms with E-state index in [0.717, 1.165) is 23.6 Å². The second-order valence-electron chi connectivity index (χ2n) is 2.81. The summed E-state index contributed by atoms with van der Waals surface area (Å²) in [7, 11) is 0. The average molecular weight is 205 g/mol. The van der Waals surface area contributed by atoms with E-state index >= 15 is 0 Å². The van der Waals surface area contributed by atoms with E-state index in [1.54, 1.807) is 11.3 Å². The summed E-state index contributed by atoms with van der Waals surface area (Å²) in [6.07, 6.45) is 2.45. The summed E-state index contributed by atoms with van der Waals surface area (Å²) >= 11 is 7.36. The summed E-state index contributed by atoms with van der Waals surface area (Å²) in [4.78, 5) is 1.26. The maximum absolute atomic E-state index is 9.30. The van der Waals surface area contributed by atoms with Crippen LogP contribution in [0.5, 0.6) is 0 Å². The number of halogens is 1. The first kappa shape index (κ1) is 10.0. The van der Waals surface area contributed by atoms with Crippen molar-refractivity contribution in [3.8, 4) is 0 Å². The van der Waals surface area contributed by atoms with E-state index < -0.39 is 0 Å². The standard InChI is InChI=1S/C9H13ClOS/c1-2-7(11)3-4-8-5-6-9(10)12-8/h5-7,11H,2-4H2,1H3. The first-order valence-electron chi connectivity index (χ1n) is 4.14. The summed E-state index contributed by atoms with van der Waals surface area (Å²) < 4.78 is 0.830. The molecule has 68 valence electrons. The molecule has 0 radical (unpaired) electrons. The Balaban J connectivity index is 2.33. The molecule has 1 unspecified atom stereocenters. The zero-order chi connectivity index (χ0) is 8.97. The molecule has 1 aromatic rings. The molecule has 1 atom stereocenters. The zero-order valence-electron chi connectivity index (χ0n) is 7.09.